The molecule has 0 saturated carbocycles. The van der Waals surface area contributed by atoms with Crippen LogP contribution in [0.4, 0.5) is 23.2 Å². The summed E-state index contributed by atoms with van der Waals surface area (Å²) in [5.41, 5.74) is -3.01. The van der Waals surface area contributed by atoms with E-state index < -0.39 is 40.8 Å². The lowest BCUT2D eigenvalue weighted by molar-refractivity contribution is -0.277. The third-order valence-corrected chi connectivity index (χ3v) is 5.34. The van der Waals surface area contributed by atoms with Gasteiger partial charge < -0.3 is 20.3 Å². The minimum Gasteiger partial charge on any atom is -0.495 e. The number of hydrogen-bond donors (Lipinski definition) is 3. The molecular formula is C21H19ClF4N2O3. The van der Waals surface area contributed by atoms with Crippen molar-refractivity contribution in [3.63, 3.8) is 0 Å². The minimum atomic E-state index is -5.31. The van der Waals surface area contributed by atoms with Gasteiger partial charge in [-0.15, -0.1) is 0 Å². The van der Waals surface area contributed by atoms with Crippen molar-refractivity contribution in [3.8, 4) is 5.75 Å². The Bertz CT molecular complexity index is 1110. The highest BCUT2D eigenvalue weighted by Crippen LogP contribution is 2.45. The van der Waals surface area contributed by atoms with Gasteiger partial charge >= 0.3 is 6.18 Å². The van der Waals surface area contributed by atoms with Crippen molar-refractivity contribution in [3.05, 3.63) is 64.6 Å². The number of aryl methyl sites for hydroxylation is 1. The van der Waals surface area contributed by atoms with Gasteiger partial charge in [0.05, 0.1) is 25.3 Å². The molecular weight excluding hydrogens is 440 g/mol. The van der Waals surface area contributed by atoms with E-state index in [4.69, 9.17) is 16.3 Å². The summed E-state index contributed by atoms with van der Waals surface area (Å²) in [7, 11) is 1.22. The van der Waals surface area contributed by atoms with Gasteiger partial charge in [0.2, 0.25) is 5.60 Å². The highest BCUT2D eigenvalue weighted by Gasteiger charge is 2.59. The van der Waals surface area contributed by atoms with E-state index in [-0.39, 0.29) is 11.4 Å². The first-order chi connectivity index (χ1) is 14.5. The maximum Gasteiger partial charge on any atom is 0.421 e. The molecule has 1 heterocycles. The second-order valence-electron chi connectivity index (χ2n) is 6.97. The standard InChI is InChI=1S/C21H19ClF4N2O3/c1-11-6-7-12-14(27-11)4-3-5-15(12)28-19(20(30,10-29)21(24,25)26)13-8-9-16(31-2)17(22)18(13)23/h3-9,19,28-30H,10H2,1-2H3. The molecule has 0 aliphatic heterocycles. The van der Waals surface area contributed by atoms with Crippen LogP contribution in [0.3, 0.4) is 0 Å². The molecule has 31 heavy (non-hydrogen) atoms. The summed E-state index contributed by atoms with van der Waals surface area (Å²) in [5, 5.41) is 22.5. The number of halogens is 5. The van der Waals surface area contributed by atoms with Gasteiger partial charge in [-0.1, -0.05) is 23.7 Å². The molecule has 0 spiro atoms. The zero-order valence-corrected chi connectivity index (χ0v) is 17.2. The maximum absolute atomic E-state index is 15.0. The molecule has 166 valence electrons. The number of hydrogen-bond acceptors (Lipinski definition) is 5. The van der Waals surface area contributed by atoms with E-state index in [1.165, 1.54) is 19.2 Å². The molecule has 0 amide bonds. The molecule has 0 aliphatic carbocycles. The van der Waals surface area contributed by atoms with Gasteiger partial charge in [0.1, 0.15) is 10.8 Å². The highest BCUT2D eigenvalue weighted by atomic mass is 35.5. The number of nitrogens with zero attached hydrogens (tertiary/aromatic N) is 1. The van der Waals surface area contributed by atoms with Gasteiger partial charge in [-0.05, 0) is 37.3 Å². The molecule has 1 aromatic heterocycles. The second-order valence-corrected chi connectivity index (χ2v) is 7.35. The molecule has 5 nitrogen and oxygen atoms in total. The van der Waals surface area contributed by atoms with Crippen molar-refractivity contribution >= 4 is 28.2 Å². The van der Waals surface area contributed by atoms with E-state index >= 15 is 0 Å². The average Bonchev–Trinajstić information content (AvgIpc) is 2.72. The molecule has 0 fully saturated rings. The number of pyridine rings is 1. The lowest BCUT2D eigenvalue weighted by atomic mass is 9.87. The van der Waals surface area contributed by atoms with Crippen LogP contribution in [0.25, 0.3) is 10.9 Å². The summed E-state index contributed by atoms with van der Waals surface area (Å²) in [5.74, 6) is -1.31. The molecule has 3 rings (SSSR count). The van der Waals surface area contributed by atoms with Gasteiger partial charge in [0.25, 0.3) is 0 Å². The number of anilines is 1. The topological polar surface area (TPSA) is 74.6 Å². The summed E-state index contributed by atoms with van der Waals surface area (Å²) in [6, 6.07) is 8.02. The lowest BCUT2D eigenvalue weighted by Gasteiger charge is -2.37. The van der Waals surface area contributed by atoms with Crippen LogP contribution in [0.5, 0.6) is 5.75 Å². The summed E-state index contributed by atoms with van der Waals surface area (Å²) in [6.07, 6.45) is -5.31. The SMILES string of the molecule is COc1ccc(C(Nc2cccc3nc(C)ccc23)C(O)(CO)C(F)(F)F)c(F)c1Cl. The van der Waals surface area contributed by atoms with E-state index in [0.29, 0.717) is 16.6 Å². The number of ether oxygens (including phenoxy) is 1. The Morgan fingerprint density at radius 3 is 2.48 bits per heavy atom. The molecule has 2 aromatic carbocycles. The third-order valence-electron chi connectivity index (χ3n) is 4.99. The number of rotatable bonds is 6. The predicted molar refractivity (Wildman–Crippen MR) is 109 cm³/mol. The molecule has 0 bridgehead atoms. The largest absolute Gasteiger partial charge is 0.495 e. The Morgan fingerprint density at radius 2 is 1.87 bits per heavy atom. The molecule has 10 heteroatoms. The minimum absolute atomic E-state index is 0.0916. The fourth-order valence-electron chi connectivity index (χ4n) is 3.26. The van der Waals surface area contributed by atoms with Crippen LogP contribution in [0, 0.1) is 12.7 Å². The van der Waals surface area contributed by atoms with Crippen molar-refractivity contribution in [2.45, 2.75) is 24.7 Å². The number of alkyl halides is 3. The number of benzene rings is 2. The fraction of sp³-hybridized carbons (Fsp3) is 0.286. The zero-order chi connectivity index (χ0) is 23.0. The second kappa shape index (κ2) is 8.49. The number of fused-ring (bicyclic) bond motifs is 1. The normalized spacial score (nSPS) is 14.9. The monoisotopic (exact) mass is 458 g/mol. The Labute approximate surface area is 180 Å². The maximum atomic E-state index is 15.0. The average molecular weight is 459 g/mol. The van der Waals surface area contributed by atoms with Crippen LogP contribution in [0.1, 0.15) is 17.3 Å². The van der Waals surface area contributed by atoms with E-state index in [2.05, 4.69) is 10.3 Å². The summed E-state index contributed by atoms with van der Waals surface area (Å²) >= 11 is 5.90. The van der Waals surface area contributed by atoms with Gasteiger partial charge in [-0.25, -0.2) is 4.39 Å². The zero-order valence-electron chi connectivity index (χ0n) is 16.5. The summed E-state index contributed by atoms with van der Waals surface area (Å²) in [6.45, 7) is 0.0324. The number of aliphatic hydroxyl groups excluding tert-OH is 1. The number of nitrogens with one attached hydrogen (secondary N) is 1. The Balaban J connectivity index is 2.23. The van der Waals surface area contributed by atoms with Gasteiger partial charge in [-0.2, -0.15) is 13.2 Å². The molecule has 0 aliphatic rings. The van der Waals surface area contributed by atoms with Crippen LogP contribution in [0.2, 0.25) is 5.02 Å². The van der Waals surface area contributed by atoms with Gasteiger partial charge in [0.15, 0.2) is 5.82 Å². The van der Waals surface area contributed by atoms with Crippen molar-refractivity contribution in [1.82, 2.24) is 4.98 Å². The predicted octanol–water partition coefficient (Wildman–Crippen LogP) is 4.78. The number of aromatic nitrogens is 1. The van der Waals surface area contributed by atoms with Crippen molar-refractivity contribution < 1.29 is 32.5 Å². The van der Waals surface area contributed by atoms with Crippen LogP contribution in [-0.4, -0.2) is 40.7 Å². The van der Waals surface area contributed by atoms with Crippen molar-refractivity contribution in [2.75, 3.05) is 19.0 Å². The van der Waals surface area contributed by atoms with E-state index in [0.717, 1.165) is 6.07 Å². The molecule has 2 unspecified atom stereocenters. The molecule has 3 aromatic rings. The molecule has 3 N–H and O–H groups in total. The molecule has 2 atom stereocenters. The van der Waals surface area contributed by atoms with Crippen LogP contribution in [-0.2, 0) is 0 Å². The first-order valence-electron chi connectivity index (χ1n) is 9.08. The highest BCUT2D eigenvalue weighted by molar-refractivity contribution is 6.32. The van der Waals surface area contributed by atoms with Crippen LogP contribution >= 0.6 is 11.6 Å². The lowest BCUT2D eigenvalue weighted by Crippen LogP contribution is -2.55. The Morgan fingerprint density at radius 1 is 1.16 bits per heavy atom. The van der Waals surface area contributed by atoms with E-state index in [1.54, 1.807) is 31.2 Å². The number of methoxy groups -OCH3 is 1. The Hall–Kier alpha value is -2.62. The molecule has 0 saturated heterocycles. The first kappa shape index (κ1) is 23.1. The summed E-state index contributed by atoms with van der Waals surface area (Å²) in [4.78, 5) is 4.32. The fourth-order valence-corrected chi connectivity index (χ4v) is 3.51. The van der Waals surface area contributed by atoms with Crippen LogP contribution in [0.15, 0.2) is 42.5 Å². The Kier molecular flexibility index (Phi) is 6.31. The quantitative estimate of drug-likeness (QED) is 0.463. The third kappa shape index (κ3) is 4.13. The first-order valence-corrected chi connectivity index (χ1v) is 9.46. The smallest absolute Gasteiger partial charge is 0.421 e. The van der Waals surface area contributed by atoms with Crippen molar-refractivity contribution in [2.24, 2.45) is 0 Å². The van der Waals surface area contributed by atoms with Gasteiger partial charge in [0, 0.05) is 22.3 Å². The molecule has 0 radical (unpaired) electrons. The van der Waals surface area contributed by atoms with Crippen LogP contribution < -0.4 is 10.1 Å². The number of aliphatic hydroxyl groups is 2. The van der Waals surface area contributed by atoms with Gasteiger partial charge in [-0.3, -0.25) is 4.98 Å². The summed E-state index contributed by atoms with van der Waals surface area (Å²) < 4.78 is 61.4. The van der Waals surface area contributed by atoms with Crippen molar-refractivity contribution in [1.29, 1.82) is 0 Å². The van der Waals surface area contributed by atoms with E-state index in [9.17, 15) is 27.8 Å². The van der Waals surface area contributed by atoms with E-state index in [1.807, 2.05) is 0 Å².